The second-order valence-electron chi connectivity index (χ2n) is 4.03. The molecule has 8 nitrogen and oxygen atoms in total. The summed E-state index contributed by atoms with van der Waals surface area (Å²) in [6.07, 6.45) is 2.68. The van der Waals surface area contributed by atoms with E-state index in [0.29, 0.717) is 11.3 Å². The van der Waals surface area contributed by atoms with Crippen LogP contribution in [0.5, 0.6) is 0 Å². The molecule has 9 heteroatoms. The van der Waals surface area contributed by atoms with Gasteiger partial charge in [-0.15, -0.1) is 0 Å². The van der Waals surface area contributed by atoms with Crippen molar-refractivity contribution in [3.8, 4) is 0 Å². The van der Waals surface area contributed by atoms with Gasteiger partial charge in [0.25, 0.3) is 4.73 Å². The minimum atomic E-state index is -0.624. The minimum absolute atomic E-state index is 0.314. The highest BCUT2D eigenvalue weighted by Crippen LogP contribution is 2.17. The smallest absolute Gasteiger partial charge is 0.390 e. The first kappa shape index (κ1) is 14.4. The lowest BCUT2D eigenvalue weighted by molar-refractivity contribution is -0.394. The third kappa shape index (κ3) is 3.29. The Morgan fingerprint density at radius 1 is 1.55 bits per heavy atom. The summed E-state index contributed by atoms with van der Waals surface area (Å²) >= 11 is 3.16. The number of hydrogen-bond donors (Lipinski definition) is 1. The molecular weight excluding hydrogens is 328 g/mol. The van der Waals surface area contributed by atoms with Crippen LogP contribution in [0.2, 0.25) is 0 Å². The van der Waals surface area contributed by atoms with Gasteiger partial charge in [-0.3, -0.25) is 0 Å². The van der Waals surface area contributed by atoms with Crippen molar-refractivity contribution >= 4 is 27.7 Å². The van der Waals surface area contributed by atoms with E-state index in [-0.39, 0.29) is 0 Å². The molecule has 0 aliphatic carbocycles. The Hall–Kier alpha value is -2.03. The number of nitro groups is 1. The summed E-state index contributed by atoms with van der Waals surface area (Å²) in [5.41, 5.74) is 0.890. The van der Waals surface area contributed by atoms with Crippen LogP contribution in [-0.4, -0.2) is 31.2 Å². The molecule has 0 amide bonds. The Labute approximate surface area is 123 Å². The van der Waals surface area contributed by atoms with Crippen molar-refractivity contribution in [3.05, 3.63) is 38.7 Å². The SMILES string of the molecule is CCCNc1ncccc1Cn1nc([N+](=O)[O-])nc1Br. The number of nitrogens with zero attached hydrogens (tertiary/aromatic N) is 5. The monoisotopic (exact) mass is 340 g/mol. The molecule has 20 heavy (non-hydrogen) atoms. The van der Waals surface area contributed by atoms with Crippen LogP contribution < -0.4 is 5.32 Å². The fourth-order valence-corrected chi connectivity index (χ4v) is 1.98. The van der Waals surface area contributed by atoms with Gasteiger partial charge < -0.3 is 15.4 Å². The maximum atomic E-state index is 10.6. The first-order chi connectivity index (χ1) is 9.61. The molecule has 0 atom stereocenters. The Bertz CT molecular complexity index is 615. The van der Waals surface area contributed by atoms with Gasteiger partial charge >= 0.3 is 5.95 Å². The number of nitrogens with one attached hydrogen (secondary N) is 1. The average molecular weight is 341 g/mol. The molecule has 2 rings (SSSR count). The van der Waals surface area contributed by atoms with Gasteiger partial charge in [-0.1, -0.05) is 13.0 Å². The van der Waals surface area contributed by atoms with Crippen LogP contribution in [0, 0.1) is 10.1 Å². The van der Waals surface area contributed by atoms with E-state index in [0.717, 1.165) is 24.3 Å². The minimum Gasteiger partial charge on any atom is -0.390 e. The Kier molecular flexibility index (Phi) is 4.61. The summed E-state index contributed by atoms with van der Waals surface area (Å²) in [5, 5.41) is 17.7. The highest BCUT2D eigenvalue weighted by Gasteiger charge is 2.20. The van der Waals surface area contributed by atoms with Gasteiger partial charge in [0.15, 0.2) is 0 Å². The number of hydrogen-bond acceptors (Lipinski definition) is 6. The predicted octanol–water partition coefficient (Wildman–Crippen LogP) is 2.21. The second-order valence-corrected chi connectivity index (χ2v) is 4.74. The fraction of sp³-hybridized carbons (Fsp3) is 0.364. The number of halogens is 1. The Morgan fingerprint density at radius 3 is 3.00 bits per heavy atom. The van der Waals surface area contributed by atoms with Crippen LogP contribution in [0.1, 0.15) is 18.9 Å². The van der Waals surface area contributed by atoms with Crippen molar-refractivity contribution in [1.82, 2.24) is 19.7 Å². The summed E-state index contributed by atoms with van der Waals surface area (Å²) in [6.45, 7) is 3.22. The number of aromatic nitrogens is 4. The second kappa shape index (κ2) is 6.42. The fourth-order valence-electron chi connectivity index (χ4n) is 1.62. The van der Waals surface area contributed by atoms with Crippen LogP contribution in [0.15, 0.2) is 23.1 Å². The van der Waals surface area contributed by atoms with Gasteiger partial charge in [0.2, 0.25) is 0 Å². The van der Waals surface area contributed by atoms with Crippen LogP contribution in [0.25, 0.3) is 0 Å². The van der Waals surface area contributed by atoms with Crippen molar-refractivity contribution in [2.24, 2.45) is 0 Å². The predicted molar refractivity (Wildman–Crippen MR) is 76.5 cm³/mol. The third-order valence-corrected chi connectivity index (χ3v) is 3.12. The zero-order valence-corrected chi connectivity index (χ0v) is 12.4. The molecule has 0 aliphatic rings. The van der Waals surface area contributed by atoms with E-state index in [1.807, 2.05) is 12.1 Å². The van der Waals surface area contributed by atoms with E-state index in [4.69, 9.17) is 0 Å². The van der Waals surface area contributed by atoms with Crippen LogP contribution in [0.4, 0.5) is 11.8 Å². The van der Waals surface area contributed by atoms with E-state index in [1.165, 1.54) is 4.68 Å². The Balaban J connectivity index is 2.23. The van der Waals surface area contributed by atoms with Crippen molar-refractivity contribution in [3.63, 3.8) is 0 Å². The highest BCUT2D eigenvalue weighted by molar-refractivity contribution is 9.10. The molecular formula is C11H13BrN6O2. The van der Waals surface area contributed by atoms with Crippen molar-refractivity contribution in [2.75, 3.05) is 11.9 Å². The topological polar surface area (TPSA) is 98.8 Å². The lowest BCUT2D eigenvalue weighted by atomic mass is 10.2. The van der Waals surface area contributed by atoms with Gasteiger partial charge in [-0.25, -0.2) is 4.98 Å². The quantitative estimate of drug-likeness (QED) is 0.639. The third-order valence-electron chi connectivity index (χ3n) is 2.53. The van der Waals surface area contributed by atoms with Gasteiger partial charge in [-0.2, -0.15) is 4.68 Å². The number of anilines is 1. The zero-order chi connectivity index (χ0) is 14.5. The van der Waals surface area contributed by atoms with Crippen molar-refractivity contribution in [1.29, 1.82) is 0 Å². The summed E-state index contributed by atoms with van der Waals surface area (Å²) in [6, 6.07) is 3.71. The molecule has 0 aliphatic heterocycles. The molecule has 0 bridgehead atoms. The summed E-state index contributed by atoms with van der Waals surface area (Å²) in [4.78, 5) is 18.0. The maximum Gasteiger partial charge on any atom is 0.492 e. The normalized spacial score (nSPS) is 10.5. The first-order valence-electron chi connectivity index (χ1n) is 6.04. The Morgan fingerprint density at radius 2 is 2.35 bits per heavy atom. The van der Waals surface area contributed by atoms with Crippen LogP contribution in [0.3, 0.4) is 0 Å². The lowest BCUT2D eigenvalue weighted by Gasteiger charge is -2.08. The van der Waals surface area contributed by atoms with E-state index < -0.39 is 10.9 Å². The highest BCUT2D eigenvalue weighted by atomic mass is 79.9. The maximum absolute atomic E-state index is 10.6. The molecule has 2 aromatic rings. The molecule has 1 N–H and O–H groups in total. The molecule has 0 fully saturated rings. The van der Waals surface area contributed by atoms with E-state index in [1.54, 1.807) is 6.20 Å². The van der Waals surface area contributed by atoms with Gasteiger partial charge in [0.1, 0.15) is 5.82 Å². The molecule has 2 heterocycles. The zero-order valence-electron chi connectivity index (χ0n) is 10.8. The van der Waals surface area contributed by atoms with E-state index >= 15 is 0 Å². The largest absolute Gasteiger partial charge is 0.492 e. The van der Waals surface area contributed by atoms with Crippen molar-refractivity contribution < 1.29 is 4.92 Å². The van der Waals surface area contributed by atoms with E-state index in [9.17, 15) is 10.1 Å². The molecule has 0 aromatic carbocycles. The van der Waals surface area contributed by atoms with Crippen LogP contribution in [-0.2, 0) is 6.54 Å². The van der Waals surface area contributed by atoms with Gasteiger partial charge in [-0.05, 0) is 22.4 Å². The first-order valence-corrected chi connectivity index (χ1v) is 6.83. The summed E-state index contributed by atoms with van der Waals surface area (Å²) < 4.78 is 1.74. The molecule has 0 saturated heterocycles. The van der Waals surface area contributed by atoms with Crippen LogP contribution >= 0.6 is 15.9 Å². The number of rotatable bonds is 6. The van der Waals surface area contributed by atoms with Gasteiger partial charge in [0.05, 0.1) is 6.54 Å². The lowest BCUT2D eigenvalue weighted by Crippen LogP contribution is -2.09. The summed E-state index contributed by atoms with van der Waals surface area (Å²) in [5.74, 6) is 0.322. The van der Waals surface area contributed by atoms with E-state index in [2.05, 4.69) is 43.2 Å². The molecule has 0 spiro atoms. The molecule has 0 radical (unpaired) electrons. The summed E-state index contributed by atoms with van der Waals surface area (Å²) in [7, 11) is 0. The average Bonchev–Trinajstić information content (AvgIpc) is 2.79. The standard InChI is InChI=1S/C11H13BrN6O2/c1-2-5-13-9-8(4-3-6-14-9)7-17-10(12)15-11(16-17)18(19)20/h3-4,6H,2,5,7H2,1H3,(H,13,14). The molecule has 2 aromatic heterocycles. The van der Waals surface area contributed by atoms with Crippen molar-refractivity contribution in [2.45, 2.75) is 19.9 Å². The van der Waals surface area contributed by atoms with Gasteiger partial charge in [0, 0.05) is 39.3 Å². The molecule has 0 saturated carbocycles. The molecule has 0 unspecified atom stereocenters. The number of pyridine rings is 1. The molecule has 106 valence electrons.